The minimum atomic E-state index is -1.29. The third-order valence-corrected chi connectivity index (χ3v) is 9.24. The van der Waals surface area contributed by atoms with Crippen molar-refractivity contribution in [3.05, 3.63) is 89.5 Å². The average Bonchev–Trinajstić information content (AvgIpc) is 3.26. The number of unbranched alkanes of at least 4 members (excludes halogenated alkanes) is 4. The first kappa shape index (κ1) is 48.1. The number of carbonyl (C=O) groups is 6. The molecule has 0 saturated heterocycles. The third kappa shape index (κ3) is 19.4. The van der Waals surface area contributed by atoms with Gasteiger partial charge in [-0.05, 0) is 91.6 Å². The predicted octanol–water partition coefficient (Wildman–Crippen LogP) is 5.77. The number of esters is 3. The second-order valence-corrected chi connectivity index (χ2v) is 13.8. The second-order valence-electron chi connectivity index (χ2n) is 13.8. The first-order valence-corrected chi connectivity index (χ1v) is 19.9. The normalized spacial score (nSPS) is 11.6. The molecular weight excluding hydrogens is 778 g/mol. The van der Waals surface area contributed by atoms with Crippen LogP contribution in [0.1, 0.15) is 87.3 Å². The van der Waals surface area contributed by atoms with Crippen LogP contribution < -0.4 is 30.2 Å². The van der Waals surface area contributed by atoms with Crippen LogP contribution in [0.15, 0.2) is 72.8 Å². The van der Waals surface area contributed by atoms with Gasteiger partial charge in [0.2, 0.25) is 5.91 Å². The summed E-state index contributed by atoms with van der Waals surface area (Å²) in [6.45, 7) is 0.139. The van der Waals surface area contributed by atoms with E-state index < -0.39 is 42.0 Å². The van der Waals surface area contributed by atoms with Crippen molar-refractivity contribution in [1.29, 1.82) is 0 Å². The molecule has 3 aromatic rings. The number of methoxy groups -OCH3 is 3. The fourth-order valence-electron chi connectivity index (χ4n) is 5.73. The Hall–Kier alpha value is -6.32. The van der Waals surface area contributed by atoms with E-state index in [0.717, 1.165) is 18.4 Å². The largest absolute Gasteiger partial charge is 0.497 e. The summed E-state index contributed by atoms with van der Waals surface area (Å²) < 4.78 is 32.0. The lowest BCUT2D eigenvalue weighted by atomic mass is 10.1. The van der Waals surface area contributed by atoms with Crippen LogP contribution >= 0.6 is 0 Å². The number of hydrogen-bond acceptors (Lipinski definition) is 12. The predicted molar refractivity (Wildman–Crippen MR) is 219 cm³/mol. The number of carboxylic acids is 1. The van der Waals surface area contributed by atoms with E-state index in [1.807, 2.05) is 0 Å². The molecule has 60 heavy (non-hydrogen) atoms. The number of amides is 3. The van der Waals surface area contributed by atoms with Crippen molar-refractivity contribution in [3.63, 3.8) is 0 Å². The van der Waals surface area contributed by atoms with Crippen LogP contribution in [0, 0.1) is 0 Å². The zero-order valence-corrected chi connectivity index (χ0v) is 34.5. The number of rotatable bonds is 28. The highest BCUT2D eigenvalue weighted by Gasteiger charge is 2.28. The lowest BCUT2D eigenvalue weighted by molar-refractivity contribution is -0.149. The van der Waals surface area contributed by atoms with Crippen molar-refractivity contribution in [1.82, 2.24) is 16.0 Å². The highest BCUT2D eigenvalue weighted by molar-refractivity contribution is 5.87. The first-order chi connectivity index (χ1) is 29.0. The van der Waals surface area contributed by atoms with Crippen LogP contribution in [-0.2, 0) is 58.0 Å². The maximum atomic E-state index is 13.5. The molecule has 3 aromatic carbocycles. The highest BCUT2D eigenvalue weighted by Crippen LogP contribution is 2.16. The van der Waals surface area contributed by atoms with E-state index in [1.165, 1.54) is 14.2 Å². The molecule has 0 aliphatic heterocycles. The zero-order chi connectivity index (χ0) is 43.5. The van der Waals surface area contributed by atoms with Gasteiger partial charge in [-0.2, -0.15) is 0 Å². The number of ether oxygens (including phenoxy) is 6. The van der Waals surface area contributed by atoms with Crippen molar-refractivity contribution < 1.29 is 62.3 Å². The Labute approximate surface area is 350 Å². The molecule has 0 saturated carbocycles. The monoisotopic (exact) mass is 835 g/mol. The van der Waals surface area contributed by atoms with Crippen LogP contribution in [0.3, 0.4) is 0 Å². The fraction of sp³-hybridized carbons (Fsp3) is 0.455. The minimum absolute atomic E-state index is 0.0104. The number of benzene rings is 3. The molecule has 4 N–H and O–H groups in total. The molecule has 16 heteroatoms. The van der Waals surface area contributed by atoms with E-state index in [2.05, 4.69) is 16.0 Å². The summed E-state index contributed by atoms with van der Waals surface area (Å²) >= 11 is 0. The van der Waals surface area contributed by atoms with Gasteiger partial charge in [0.05, 0.1) is 21.3 Å². The van der Waals surface area contributed by atoms with Crippen molar-refractivity contribution in [2.24, 2.45) is 0 Å². The topological polar surface area (TPSA) is 214 Å². The highest BCUT2D eigenvalue weighted by atomic mass is 16.5. The molecule has 2 unspecified atom stereocenters. The molecule has 0 fully saturated rings. The molecule has 2 atom stereocenters. The van der Waals surface area contributed by atoms with Crippen LogP contribution in [0.5, 0.6) is 17.2 Å². The zero-order valence-electron chi connectivity index (χ0n) is 34.5. The van der Waals surface area contributed by atoms with Crippen LogP contribution in [0.25, 0.3) is 0 Å². The Bertz CT molecular complexity index is 1780. The Morgan fingerprint density at radius 1 is 0.517 bits per heavy atom. The van der Waals surface area contributed by atoms with Crippen LogP contribution in [0.4, 0.5) is 4.79 Å². The van der Waals surface area contributed by atoms with E-state index in [1.54, 1.807) is 79.9 Å². The third-order valence-electron chi connectivity index (χ3n) is 9.24. The van der Waals surface area contributed by atoms with Crippen molar-refractivity contribution in [3.8, 4) is 17.2 Å². The molecule has 3 amide bonds. The summed E-state index contributed by atoms with van der Waals surface area (Å²) in [7, 11) is 4.61. The lowest BCUT2D eigenvalue weighted by Gasteiger charge is -2.21. The molecule has 0 aromatic heterocycles. The molecule has 0 bridgehead atoms. The van der Waals surface area contributed by atoms with E-state index in [0.29, 0.717) is 67.0 Å². The number of urea groups is 1. The number of aliphatic carboxylic acids is 1. The van der Waals surface area contributed by atoms with Gasteiger partial charge in [-0.1, -0.05) is 49.2 Å². The molecule has 3 rings (SSSR count). The van der Waals surface area contributed by atoms with Crippen LogP contribution in [0.2, 0.25) is 0 Å². The van der Waals surface area contributed by atoms with E-state index in [9.17, 15) is 28.8 Å². The summed E-state index contributed by atoms with van der Waals surface area (Å²) in [5, 5.41) is 16.8. The molecule has 0 aliphatic carbocycles. The smallest absolute Gasteiger partial charge is 0.329 e. The fourth-order valence-corrected chi connectivity index (χ4v) is 5.73. The molecule has 0 heterocycles. The molecule has 0 spiro atoms. The standard InChI is InChI=1S/C44H57N3O13/c1-55-34-19-13-31(14-20-34)28-58-41(51)26-25-38(43(53)60-30-33-17-23-36(57-3)24-18-33)47-44(54)46-37(42(52)59-29-32-15-21-35(56-2)22-16-32)10-8-9-27-45-39(48)11-6-4-5-7-12-40(49)50/h13-24,37-38H,4-12,25-30H2,1-3H3,(H,45,48)(H,49,50)(H2,46,47,54). The first-order valence-electron chi connectivity index (χ1n) is 19.9. The van der Waals surface area contributed by atoms with Gasteiger partial charge in [-0.3, -0.25) is 14.4 Å². The molecule has 16 nitrogen and oxygen atoms in total. The maximum Gasteiger partial charge on any atom is 0.329 e. The summed E-state index contributed by atoms with van der Waals surface area (Å²) in [5.74, 6) is -1.19. The van der Waals surface area contributed by atoms with Gasteiger partial charge in [-0.25, -0.2) is 14.4 Å². The van der Waals surface area contributed by atoms with Crippen molar-refractivity contribution in [2.75, 3.05) is 27.9 Å². The van der Waals surface area contributed by atoms with Gasteiger partial charge in [0.1, 0.15) is 49.2 Å². The summed E-state index contributed by atoms with van der Waals surface area (Å²) in [5.41, 5.74) is 2.08. The van der Waals surface area contributed by atoms with Gasteiger partial charge in [0, 0.05) is 25.8 Å². The SMILES string of the molecule is COc1ccc(COC(=O)CCC(NC(=O)NC(CCCCNC(=O)CCCCCCC(=O)O)C(=O)OCc2ccc(OC)cc2)C(=O)OCc2ccc(OC)cc2)cc1. The van der Waals surface area contributed by atoms with E-state index in [4.69, 9.17) is 33.5 Å². The van der Waals surface area contributed by atoms with Gasteiger partial charge >= 0.3 is 29.9 Å². The number of hydrogen-bond donors (Lipinski definition) is 4. The van der Waals surface area contributed by atoms with Crippen LogP contribution in [-0.4, -0.2) is 80.9 Å². The van der Waals surface area contributed by atoms with Gasteiger partial charge in [0.15, 0.2) is 0 Å². The van der Waals surface area contributed by atoms with Crippen molar-refractivity contribution >= 4 is 35.8 Å². The van der Waals surface area contributed by atoms with Gasteiger partial charge in [0.25, 0.3) is 0 Å². The number of carbonyl (C=O) groups excluding carboxylic acids is 5. The summed E-state index contributed by atoms with van der Waals surface area (Å²) in [6.07, 6.45) is 3.81. The molecule has 326 valence electrons. The maximum absolute atomic E-state index is 13.5. The summed E-state index contributed by atoms with van der Waals surface area (Å²) in [6, 6.07) is 17.5. The Kier molecular flexibility index (Phi) is 21.9. The number of carboxylic acid groups (broad SMARTS) is 1. The number of nitrogens with one attached hydrogen (secondary N) is 3. The quantitative estimate of drug-likeness (QED) is 0.0389. The Morgan fingerprint density at radius 3 is 1.40 bits per heavy atom. The van der Waals surface area contributed by atoms with E-state index >= 15 is 0 Å². The summed E-state index contributed by atoms with van der Waals surface area (Å²) in [4.78, 5) is 75.9. The molecule has 0 radical (unpaired) electrons. The minimum Gasteiger partial charge on any atom is -0.497 e. The molecule has 0 aliphatic rings. The Morgan fingerprint density at radius 2 is 0.950 bits per heavy atom. The van der Waals surface area contributed by atoms with Gasteiger partial charge in [-0.15, -0.1) is 0 Å². The average molecular weight is 836 g/mol. The van der Waals surface area contributed by atoms with Gasteiger partial charge < -0.3 is 49.5 Å². The van der Waals surface area contributed by atoms with Crippen molar-refractivity contribution in [2.45, 2.75) is 103 Å². The lowest BCUT2D eigenvalue weighted by Crippen LogP contribution is -2.51. The second kappa shape index (κ2) is 27.4. The molecular formula is C44H57N3O13. The Balaban J connectivity index is 1.61. The van der Waals surface area contributed by atoms with E-state index in [-0.39, 0.29) is 51.4 Å².